The molecule has 1 saturated carbocycles. The summed E-state index contributed by atoms with van der Waals surface area (Å²) in [5.74, 6) is 0.573. The lowest BCUT2D eigenvalue weighted by Crippen LogP contribution is -2.27. The number of aromatic nitrogens is 3. The number of aryl methyl sites for hydroxylation is 1. The lowest BCUT2D eigenvalue weighted by molar-refractivity contribution is 0.247. The van der Waals surface area contributed by atoms with E-state index in [1.54, 1.807) is 4.68 Å². The SMILES string of the molecule is CCCCCn1cc2c(=O)n(C(C)C3CCCCC3)nc-2c2ccccc21. The molecule has 0 radical (unpaired) electrons. The highest BCUT2D eigenvalue weighted by atomic mass is 16.1. The summed E-state index contributed by atoms with van der Waals surface area (Å²) < 4.78 is 4.04. The predicted octanol–water partition coefficient (Wildman–Crippen LogP) is 5.63. The summed E-state index contributed by atoms with van der Waals surface area (Å²) in [7, 11) is 0. The van der Waals surface area contributed by atoms with E-state index in [2.05, 4.69) is 36.6 Å². The molecule has 2 aliphatic heterocycles. The standard InChI is InChI=1S/C23H31N3O/c1-3-4-10-15-25-16-20-22(19-13-8-9-14-21(19)25)24-26(23(20)27)17(2)18-11-6-5-7-12-18/h8-9,13-14,16-18H,3-7,10-12,15H2,1-2H3. The van der Waals surface area contributed by atoms with Crippen molar-refractivity contribution in [1.82, 2.24) is 14.3 Å². The largest absolute Gasteiger partial charge is 0.347 e. The Balaban J connectivity index is 1.80. The zero-order valence-electron chi connectivity index (χ0n) is 16.7. The molecule has 1 aromatic rings. The first-order valence-corrected chi connectivity index (χ1v) is 10.7. The number of rotatable bonds is 6. The van der Waals surface area contributed by atoms with Gasteiger partial charge in [0, 0.05) is 18.1 Å². The van der Waals surface area contributed by atoms with Crippen LogP contribution in [-0.2, 0) is 6.54 Å². The average molecular weight is 366 g/mol. The number of pyridine rings is 1. The Morgan fingerprint density at radius 2 is 1.93 bits per heavy atom. The number of fused-ring (bicyclic) bond motifs is 3. The van der Waals surface area contributed by atoms with Gasteiger partial charge in [0.1, 0.15) is 5.69 Å². The number of unbranched alkanes of at least 4 members (excludes halogenated alkanes) is 2. The molecule has 0 aromatic heterocycles. The normalized spacial score (nSPS) is 17.0. The van der Waals surface area contributed by atoms with Gasteiger partial charge < -0.3 is 4.57 Å². The summed E-state index contributed by atoms with van der Waals surface area (Å²) in [6.07, 6.45) is 11.9. The zero-order chi connectivity index (χ0) is 18.8. The molecule has 0 amide bonds. The van der Waals surface area contributed by atoms with Crippen LogP contribution in [0.4, 0.5) is 0 Å². The second-order valence-electron chi connectivity index (χ2n) is 8.20. The van der Waals surface area contributed by atoms with E-state index < -0.39 is 0 Å². The van der Waals surface area contributed by atoms with E-state index in [0.29, 0.717) is 5.92 Å². The van der Waals surface area contributed by atoms with Gasteiger partial charge >= 0.3 is 0 Å². The minimum atomic E-state index is 0.0815. The first-order valence-electron chi connectivity index (χ1n) is 10.7. The maximum atomic E-state index is 13.2. The summed E-state index contributed by atoms with van der Waals surface area (Å²) >= 11 is 0. The number of hydrogen-bond acceptors (Lipinski definition) is 2. The maximum Gasteiger partial charge on any atom is 0.278 e. The van der Waals surface area contributed by atoms with Crippen molar-refractivity contribution in [3.05, 3.63) is 40.8 Å². The molecule has 0 bridgehead atoms. The molecule has 1 fully saturated rings. The summed E-state index contributed by atoms with van der Waals surface area (Å²) in [6.45, 7) is 5.35. The van der Waals surface area contributed by atoms with Crippen molar-refractivity contribution in [2.24, 2.45) is 5.92 Å². The maximum absolute atomic E-state index is 13.2. The third-order valence-electron chi connectivity index (χ3n) is 6.38. The molecule has 27 heavy (non-hydrogen) atoms. The van der Waals surface area contributed by atoms with Crippen LogP contribution in [0.3, 0.4) is 0 Å². The second-order valence-corrected chi connectivity index (χ2v) is 8.20. The van der Waals surface area contributed by atoms with Crippen LogP contribution in [0.15, 0.2) is 35.3 Å². The van der Waals surface area contributed by atoms with E-state index in [1.165, 1.54) is 50.5 Å². The molecule has 3 aliphatic rings. The minimum Gasteiger partial charge on any atom is -0.347 e. The van der Waals surface area contributed by atoms with Crippen molar-refractivity contribution in [1.29, 1.82) is 0 Å². The van der Waals surface area contributed by atoms with Crippen LogP contribution in [0.2, 0.25) is 0 Å². The summed E-state index contributed by atoms with van der Waals surface area (Å²) in [5.41, 5.74) is 2.90. The van der Waals surface area contributed by atoms with Crippen LogP contribution >= 0.6 is 0 Å². The van der Waals surface area contributed by atoms with E-state index in [-0.39, 0.29) is 11.6 Å². The summed E-state index contributed by atoms with van der Waals surface area (Å²) in [5, 5.41) is 5.94. The summed E-state index contributed by atoms with van der Waals surface area (Å²) in [4.78, 5) is 13.2. The van der Waals surface area contributed by atoms with Gasteiger partial charge in [0.2, 0.25) is 0 Å². The Bertz CT molecular complexity index is 933. The van der Waals surface area contributed by atoms with Crippen molar-refractivity contribution >= 4 is 10.9 Å². The quantitative estimate of drug-likeness (QED) is 0.531. The molecule has 2 heterocycles. The highest BCUT2D eigenvalue weighted by Crippen LogP contribution is 2.34. The number of para-hydroxylation sites is 1. The monoisotopic (exact) mass is 365 g/mol. The number of nitrogens with zero attached hydrogens (tertiary/aromatic N) is 3. The lowest BCUT2D eigenvalue weighted by Gasteiger charge is -2.27. The Morgan fingerprint density at radius 1 is 1.15 bits per heavy atom. The summed E-state index contributed by atoms with van der Waals surface area (Å²) in [6, 6.07) is 8.55. The third kappa shape index (κ3) is 3.42. The van der Waals surface area contributed by atoms with Crippen LogP contribution in [0.5, 0.6) is 0 Å². The molecule has 4 heteroatoms. The predicted molar refractivity (Wildman–Crippen MR) is 111 cm³/mol. The molecule has 0 saturated heterocycles. The third-order valence-corrected chi connectivity index (χ3v) is 6.38. The average Bonchev–Trinajstić information content (AvgIpc) is 3.05. The van der Waals surface area contributed by atoms with Gasteiger partial charge in [0.05, 0.1) is 17.1 Å². The van der Waals surface area contributed by atoms with E-state index >= 15 is 0 Å². The second kappa shape index (κ2) is 7.87. The van der Waals surface area contributed by atoms with Crippen molar-refractivity contribution in [3.63, 3.8) is 0 Å². The lowest BCUT2D eigenvalue weighted by atomic mass is 9.85. The van der Waals surface area contributed by atoms with Crippen molar-refractivity contribution in [2.75, 3.05) is 0 Å². The topological polar surface area (TPSA) is 39.8 Å². The van der Waals surface area contributed by atoms with Gasteiger partial charge in [-0.3, -0.25) is 4.79 Å². The molecule has 4 rings (SSSR count). The van der Waals surface area contributed by atoms with Crippen LogP contribution in [0, 0.1) is 5.92 Å². The molecule has 1 aliphatic carbocycles. The zero-order valence-corrected chi connectivity index (χ0v) is 16.7. The Kier molecular flexibility index (Phi) is 5.33. The van der Waals surface area contributed by atoms with Crippen molar-refractivity contribution in [3.8, 4) is 11.3 Å². The molecule has 1 aromatic carbocycles. The van der Waals surface area contributed by atoms with Crippen LogP contribution in [0.1, 0.15) is 71.3 Å². The highest BCUT2D eigenvalue weighted by molar-refractivity contribution is 5.93. The smallest absolute Gasteiger partial charge is 0.278 e. The van der Waals surface area contributed by atoms with Gasteiger partial charge in [0.25, 0.3) is 5.56 Å². The van der Waals surface area contributed by atoms with Gasteiger partial charge in [-0.05, 0) is 38.2 Å². The fourth-order valence-corrected chi connectivity index (χ4v) is 4.71. The van der Waals surface area contributed by atoms with Gasteiger partial charge in [0.15, 0.2) is 0 Å². The Hall–Kier alpha value is -2.10. The highest BCUT2D eigenvalue weighted by Gasteiger charge is 2.27. The molecule has 1 unspecified atom stereocenters. The number of benzene rings is 1. The molecule has 1 atom stereocenters. The van der Waals surface area contributed by atoms with Crippen molar-refractivity contribution < 1.29 is 0 Å². The van der Waals surface area contributed by atoms with Crippen LogP contribution in [-0.4, -0.2) is 14.3 Å². The van der Waals surface area contributed by atoms with E-state index in [4.69, 9.17) is 5.10 Å². The van der Waals surface area contributed by atoms with Crippen LogP contribution in [0.25, 0.3) is 22.2 Å². The first-order chi connectivity index (χ1) is 13.2. The minimum absolute atomic E-state index is 0.0815. The molecular weight excluding hydrogens is 334 g/mol. The van der Waals surface area contributed by atoms with Gasteiger partial charge in [-0.25, -0.2) is 4.68 Å². The van der Waals surface area contributed by atoms with Gasteiger partial charge in [-0.15, -0.1) is 0 Å². The molecule has 144 valence electrons. The fourth-order valence-electron chi connectivity index (χ4n) is 4.71. The van der Waals surface area contributed by atoms with E-state index in [1.807, 2.05) is 12.3 Å². The van der Waals surface area contributed by atoms with E-state index in [0.717, 1.165) is 29.6 Å². The van der Waals surface area contributed by atoms with Crippen LogP contribution < -0.4 is 5.56 Å². The molecule has 0 spiro atoms. The van der Waals surface area contributed by atoms with Crippen molar-refractivity contribution in [2.45, 2.75) is 77.8 Å². The Morgan fingerprint density at radius 3 is 2.70 bits per heavy atom. The molecular formula is C23H31N3O. The van der Waals surface area contributed by atoms with E-state index in [9.17, 15) is 4.79 Å². The van der Waals surface area contributed by atoms with Gasteiger partial charge in [-0.1, -0.05) is 57.2 Å². The first kappa shape index (κ1) is 18.3. The molecule has 0 N–H and O–H groups in total. The number of hydrogen-bond donors (Lipinski definition) is 0. The fraction of sp³-hybridized carbons (Fsp3) is 0.565. The molecule has 4 nitrogen and oxygen atoms in total. The Labute approximate surface area is 161 Å². The van der Waals surface area contributed by atoms with Gasteiger partial charge in [-0.2, -0.15) is 5.10 Å².